The van der Waals surface area contributed by atoms with Crippen LogP contribution in [0.2, 0.25) is 0 Å². The minimum absolute atomic E-state index is 0.138. The van der Waals surface area contributed by atoms with Crippen molar-refractivity contribution >= 4 is 21.6 Å². The lowest BCUT2D eigenvalue weighted by molar-refractivity contribution is 0.789. The molecule has 0 radical (unpaired) electrons. The van der Waals surface area contributed by atoms with E-state index in [1.54, 1.807) is 0 Å². The number of anilines is 1. The van der Waals surface area contributed by atoms with Crippen LogP contribution in [0.1, 0.15) is 17.2 Å². The predicted molar refractivity (Wildman–Crippen MR) is 80.7 cm³/mol. The average Bonchev–Trinajstić information content (AvgIpc) is 2.40. The van der Waals surface area contributed by atoms with Gasteiger partial charge in [-0.1, -0.05) is 46.3 Å². The Bertz CT molecular complexity index is 511. The molecule has 0 spiro atoms. The zero-order valence-electron chi connectivity index (χ0n) is 10.4. The summed E-state index contributed by atoms with van der Waals surface area (Å²) in [6.07, 6.45) is 0. The lowest BCUT2D eigenvalue weighted by Crippen LogP contribution is -2.20. The average molecular weight is 305 g/mol. The molecule has 0 aliphatic carbocycles. The summed E-state index contributed by atoms with van der Waals surface area (Å²) < 4.78 is 1.13. The highest BCUT2D eigenvalue weighted by Gasteiger charge is 2.10. The molecule has 2 nitrogen and oxygen atoms in total. The molecule has 3 heteroatoms. The first-order valence-corrected chi connectivity index (χ1v) is 6.77. The number of para-hydroxylation sites is 1. The zero-order chi connectivity index (χ0) is 13.0. The van der Waals surface area contributed by atoms with Crippen molar-refractivity contribution in [2.45, 2.75) is 13.0 Å². The van der Waals surface area contributed by atoms with Crippen molar-refractivity contribution in [2.24, 2.45) is 5.73 Å². The van der Waals surface area contributed by atoms with E-state index in [4.69, 9.17) is 5.73 Å². The highest BCUT2D eigenvalue weighted by atomic mass is 79.9. The van der Waals surface area contributed by atoms with Gasteiger partial charge in [0.05, 0.1) is 6.04 Å². The Kier molecular flexibility index (Phi) is 4.39. The van der Waals surface area contributed by atoms with Gasteiger partial charge in [-0.05, 0) is 36.2 Å². The monoisotopic (exact) mass is 304 g/mol. The number of nitrogens with two attached hydrogens (primary N) is 1. The molecule has 0 bridgehead atoms. The molecular formula is C15H17BrN2. The van der Waals surface area contributed by atoms with Gasteiger partial charge in [0.25, 0.3) is 0 Å². The smallest absolute Gasteiger partial charge is 0.0636 e. The molecule has 18 heavy (non-hydrogen) atoms. The van der Waals surface area contributed by atoms with Crippen LogP contribution < -0.4 is 11.1 Å². The Morgan fingerprint density at radius 3 is 2.50 bits per heavy atom. The van der Waals surface area contributed by atoms with Gasteiger partial charge in [-0.3, -0.25) is 0 Å². The summed E-state index contributed by atoms with van der Waals surface area (Å²) in [7, 11) is 0. The summed E-state index contributed by atoms with van der Waals surface area (Å²) in [6.45, 7) is 2.65. The molecule has 3 N–H and O–H groups in total. The number of hydrogen-bond acceptors (Lipinski definition) is 2. The lowest BCUT2D eigenvalue weighted by atomic mass is 10.0. The van der Waals surface area contributed by atoms with E-state index >= 15 is 0 Å². The fourth-order valence-corrected chi connectivity index (χ4v) is 2.15. The van der Waals surface area contributed by atoms with Gasteiger partial charge in [0.2, 0.25) is 0 Å². The molecule has 1 unspecified atom stereocenters. The van der Waals surface area contributed by atoms with Crippen molar-refractivity contribution in [3.63, 3.8) is 0 Å². The van der Waals surface area contributed by atoms with Crippen LogP contribution in [0.4, 0.5) is 5.69 Å². The van der Waals surface area contributed by atoms with Crippen LogP contribution in [0, 0.1) is 6.92 Å². The third kappa shape index (κ3) is 3.12. The molecular weight excluding hydrogens is 288 g/mol. The Labute approximate surface area is 116 Å². The predicted octanol–water partition coefficient (Wildman–Crippen LogP) is 3.87. The topological polar surface area (TPSA) is 38.0 Å². The van der Waals surface area contributed by atoms with Crippen molar-refractivity contribution in [3.05, 3.63) is 64.1 Å². The molecule has 0 aliphatic heterocycles. The fourth-order valence-electron chi connectivity index (χ4n) is 1.90. The molecule has 0 aliphatic rings. The van der Waals surface area contributed by atoms with Crippen LogP contribution >= 0.6 is 15.9 Å². The Morgan fingerprint density at radius 2 is 1.89 bits per heavy atom. The molecule has 2 aromatic rings. The van der Waals surface area contributed by atoms with Crippen LogP contribution in [-0.4, -0.2) is 6.54 Å². The van der Waals surface area contributed by atoms with E-state index in [9.17, 15) is 0 Å². The first kappa shape index (κ1) is 13.1. The highest BCUT2D eigenvalue weighted by molar-refractivity contribution is 9.10. The maximum atomic E-state index is 5.87. The second-order valence-corrected chi connectivity index (χ2v) is 5.16. The summed E-state index contributed by atoms with van der Waals surface area (Å²) in [5, 5.41) is 3.45. The van der Waals surface area contributed by atoms with Gasteiger partial charge < -0.3 is 11.1 Å². The Morgan fingerprint density at radius 1 is 1.17 bits per heavy atom. The molecule has 0 fully saturated rings. The van der Waals surface area contributed by atoms with Crippen molar-refractivity contribution in [1.82, 2.24) is 0 Å². The lowest BCUT2D eigenvalue weighted by Gasteiger charge is -2.19. The summed E-state index contributed by atoms with van der Waals surface area (Å²) in [5.74, 6) is 0. The normalized spacial score (nSPS) is 12.2. The number of hydrogen-bond donors (Lipinski definition) is 2. The van der Waals surface area contributed by atoms with Crippen LogP contribution in [0.25, 0.3) is 0 Å². The molecule has 0 saturated carbocycles. The van der Waals surface area contributed by atoms with Gasteiger partial charge in [-0.2, -0.15) is 0 Å². The van der Waals surface area contributed by atoms with Gasteiger partial charge in [-0.25, -0.2) is 0 Å². The van der Waals surface area contributed by atoms with Crippen LogP contribution in [0.15, 0.2) is 53.0 Å². The molecule has 0 amide bonds. The second-order valence-electron chi connectivity index (χ2n) is 4.31. The van der Waals surface area contributed by atoms with Crippen LogP contribution in [-0.2, 0) is 0 Å². The fraction of sp³-hybridized carbons (Fsp3) is 0.200. The number of nitrogens with one attached hydrogen (secondary N) is 1. The molecule has 0 heterocycles. The van der Waals surface area contributed by atoms with E-state index in [0.29, 0.717) is 6.54 Å². The molecule has 2 rings (SSSR count). The molecule has 94 valence electrons. The standard InChI is InChI=1S/C15H17BrN2/c1-11-9-12(7-8-14(11)16)15(10-17)18-13-5-3-2-4-6-13/h2-9,15,18H,10,17H2,1H3. The summed E-state index contributed by atoms with van der Waals surface area (Å²) in [4.78, 5) is 0. The van der Waals surface area contributed by atoms with E-state index < -0.39 is 0 Å². The minimum atomic E-state index is 0.138. The van der Waals surface area contributed by atoms with E-state index in [2.05, 4.69) is 46.4 Å². The number of halogens is 1. The summed E-state index contributed by atoms with van der Waals surface area (Å²) in [6, 6.07) is 16.6. The molecule has 1 atom stereocenters. The highest BCUT2D eigenvalue weighted by Crippen LogP contribution is 2.23. The maximum absolute atomic E-state index is 5.87. The minimum Gasteiger partial charge on any atom is -0.377 e. The molecule has 2 aromatic carbocycles. The largest absolute Gasteiger partial charge is 0.377 e. The van der Waals surface area contributed by atoms with Gasteiger partial charge in [0.15, 0.2) is 0 Å². The third-order valence-corrected chi connectivity index (χ3v) is 3.82. The summed E-state index contributed by atoms with van der Waals surface area (Å²) >= 11 is 3.52. The van der Waals surface area contributed by atoms with E-state index in [1.807, 2.05) is 30.3 Å². The van der Waals surface area contributed by atoms with Crippen molar-refractivity contribution in [2.75, 3.05) is 11.9 Å². The van der Waals surface area contributed by atoms with E-state index in [-0.39, 0.29) is 6.04 Å². The quantitative estimate of drug-likeness (QED) is 0.900. The molecule has 0 saturated heterocycles. The Hall–Kier alpha value is -1.32. The number of benzene rings is 2. The van der Waals surface area contributed by atoms with E-state index in [1.165, 1.54) is 11.1 Å². The number of aryl methyl sites for hydroxylation is 1. The second kappa shape index (κ2) is 6.03. The molecule has 0 aromatic heterocycles. The van der Waals surface area contributed by atoms with Crippen molar-refractivity contribution in [3.8, 4) is 0 Å². The first-order chi connectivity index (χ1) is 8.70. The van der Waals surface area contributed by atoms with Crippen LogP contribution in [0.5, 0.6) is 0 Å². The Balaban J connectivity index is 2.20. The third-order valence-electron chi connectivity index (χ3n) is 2.93. The maximum Gasteiger partial charge on any atom is 0.0636 e. The van der Waals surface area contributed by atoms with Gasteiger partial charge in [0, 0.05) is 16.7 Å². The van der Waals surface area contributed by atoms with Crippen molar-refractivity contribution < 1.29 is 0 Å². The van der Waals surface area contributed by atoms with Gasteiger partial charge >= 0.3 is 0 Å². The number of rotatable bonds is 4. The van der Waals surface area contributed by atoms with Gasteiger partial charge in [-0.15, -0.1) is 0 Å². The van der Waals surface area contributed by atoms with Crippen LogP contribution in [0.3, 0.4) is 0 Å². The van der Waals surface area contributed by atoms with E-state index in [0.717, 1.165) is 10.2 Å². The summed E-state index contributed by atoms with van der Waals surface area (Å²) in [5.41, 5.74) is 9.39. The SMILES string of the molecule is Cc1cc(C(CN)Nc2ccccc2)ccc1Br. The first-order valence-electron chi connectivity index (χ1n) is 5.98. The van der Waals surface area contributed by atoms with Gasteiger partial charge in [0.1, 0.15) is 0 Å². The zero-order valence-corrected chi connectivity index (χ0v) is 11.9. The van der Waals surface area contributed by atoms with Crippen molar-refractivity contribution in [1.29, 1.82) is 0 Å².